The van der Waals surface area contributed by atoms with Crippen LogP contribution in [0.1, 0.15) is 11.3 Å². The smallest absolute Gasteiger partial charge is 0.203 e. The van der Waals surface area contributed by atoms with Crippen LogP contribution in [-0.4, -0.2) is 16.1 Å². The Balaban J connectivity index is 1.91. The van der Waals surface area contributed by atoms with E-state index in [0.29, 0.717) is 0 Å². The predicted octanol–water partition coefficient (Wildman–Crippen LogP) is 3.17. The Kier molecular flexibility index (Phi) is 4.34. The molecule has 0 aliphatic heterocycles. The zero-order valence-electron chi connectivity index (χ0n) is 11.1. The summed E-state index contributed by atoms with van der Waals surface area (Å²) in [5.41, 5.74) is 2.08. The lowest BCUT2D eigenvalue weighted by molar-refractivity contribution is 0.627. The third kappa shape index (κ3) is 3.68. The fourth-order valence-corrected chi connectivity index (χ4v) is 1.94. The summed E-state index contributed by atoms with van der Waals surface area (Å²) in [6.45, 7) is 7.19. The fraction of sp³-hybridized carbons (Fsp3) is 0.267. The number of nitrogens with zero attached hydrogens (tertiary/aromatic N) is 2. The molecule has 0 unspecified atom stereocenters. The average Bonchev–Trinajstić information content (AvgIpc) is 2.73. The number of imidazole rings is 1. The quantitative estimate of drug-likeness (QED) is 0.807. The van der Waals surface area contributed by atoms with Crippen LogP contribution >= 0.6 is 0 Å². The lowest BCUT2D eigenvalue weighted by atomic mass is 10.1. The molecule has 0 fully saturated rings. The molecule has 0 atom stereocenters. The van der Waals surface area contributed by atoms with Crippen LogP contribution in [0.3, 0.4) is 0 Å². The number of hydrogen-bond acceptors (Lipinski definition) is 2. The van der Waals surface area contributed by atoms with E-state index < -0.39 is 0 Å². The van der Waals surface area contributed by atoms with E-state index in [1.54, 1.807) is 12.1 Å². The summed E-state index contributed by atoms with van der Waals surface area (Å²) in [6.07, 6.45) is 4.66. The zero-order chi connectivity index (χ0) is 13.7. The molecule has 1 N–H and O–H groups in total. The van der Waals surface area contributed by atoms with E-state index in [2.05, 4.69) is 16.9 Å². The van der Waals surface area contributed by atoms with Gasteiger partial charge in [0.1, 0.15) is 5.82 Å². The number of aromatic nitrogens is 2. The molecule has 0 saturated carbocycles. The lowest BCUT2D eigenvalue weighted by Crippen LogP contribution is -2.10. The second kappa shape index (κ2) is 6.18. The molecule has 0 bridgehead atoms. The minimum absolute atomic E-state index is 0.200. The van der Waals surface area contributed by atoms with E-state index in [4.69, 9.17) is 0 Å². The largest absolute Gasteiger partial charge is 0.355 e. The number of anilines is 1. The SMILES string of the molecule is C=CCn1cc(C)nc1NCCc1ccc(F)cc1. The Morgan fingerprint density at radius 1 is 1.37 bits per heavy atom. The van der Waals surface area contributed by atoms with E-state index in [-0.39, 0.29) is 5.82 Å². The van der Waals surface area contributed by atoms with E-state index in [1.807, 2.05) is 23.8 Å². The minimum atomic E-state index is -0.200. The first-order valence-corrected chi connectivity index (χ1v) is 6.32. The molecule has 0 aliphatic carbocycles. The van der Waals surface area contributed by atoms with Crippen molar-refractivity contribution < 1.29 is 4.39 Å². The predicted molar refractivity (Wildman–Crippen MR) is 75.8 cm³/mol. The van der Waals surface area contributed by atoms with Gasteiger partial charge in [0.15, 0.2) is 0 Å². The summed E-state index contributed by atoms with van der Waals surface area (Å²) >= 11 is 0. The number of aryl methyl sites for hydroxylation is 1. The fourth-order valence-electron chi connectivity index (χ4n) is 1.94. The van der Waals surface area contributed by atoms with Crippen LogP contribution in [0.5, 0.6) is 0 Å². The van der Waals surface area contributed by atoms with Crippen molar-refractivity contribution in [2.75, 3.05) is 11.9 Å². The normalized spacial score (nSPS) is 10.4. The molecule has 0 aliphatic rings. The Morgan fingerprint density at radius 2 is 2.11 bits per heavy atom. The number of allylic oxidation sites excluding steroid dienone is 1. The third-order valence-electron chi connectivity index (χ3n) is 2.83. The highest BCUT2D eigenvalue weighted by molar-refractivity contribution is 5.30. The maximum absolute atomic E-state index is 12.8. The van der Waals surface area contributed by atoms with Gasteiger partial charge in [-0.3, -0.25) is 0 Å². The van der Waals surface area contributed by atoms with Crippen molar-refractivity contribution in [1.29, 1.82) is 0 Å². The molecule has 100 valence electrons. The maximum Gasteiger partial charge on any atom is 0.203 e. The van der Waals surface area contributed by atoms with Gasteiger partial charge in [-0.2, -0.15) is 0 Å². The van der Waals surface area contributed by atoms with Crippen molar-refractivity contribution in [3.63, 3.8) is 0 Å². The van der Waals surface area contributed by atoms with Crippen molar-refractivity contribution in [3.05, 3.63) is 60.2 Å². The van der Waals surface area contributed by atoms with Crippen LogP contribution in [0.15, 0.2) is 43.1 Å². The van der Waals surface area contributed by atoms with Gasteiger partial charge in [0.25, 0.3) is 0 Å². The molecule has 0 radical (unpaired) electrons. The monoisotopic (exact) mass is 259 g/mol. The number of hydrogen-bond donors (Lipinski definition) is 1. The number of nitrogens with one attached hydrogen (secondary N) is 1. The Hall–Kier alpha value is -2.10. The lowest BCUT2D eigenvalue weighted by Gasteiger charge is -2.07. The van der Waals surface area contributed by atoms with Crippen LogP contribution in [0.4, 0.5) is 10.3 Å². The maximum atomic E-state index is 12.8. The highest BCUT2D eigenvalue weighted by Gasteiger charge is 2.03. The summed E-state index contributed by atoms with van der Waals surface area (Å²) in [5.74, 6) is 0.647. The van der Waals surface area contributed by atoms with Crippen LogP contribution in [0.25, 0.3) is 0 Å². The van der Waals surface area contributed by atoms with Crippen molar-refractivity contribution >= 4 is 5.95 Å². The molecule has 4 heteroatoms. The summed E-state index contributed by atoms with van der Waals surface area (Å²) in [4.78, 5) is 4.42. The molecule has 2 aromatic rings. The van der Waals surface area contributed by atoms with Crippen LogP contribution < -0.4 is 5.32 Å². The van der Waals surface area contributed by atoms with Gasteiger partial charge in [0.2, 0.25) is 5.95 Å². The molecule has 0 spiro atoms. The average molecular weight is 259 g/mol. The van der Waals surface area contributed by atoms with Gasteiger partial charge < -0.3 is 9.88 Å². The molecule has 3 nitrogen and oxygen atoms in total. The molecule has 0 amide bonds. The van der Waals surface area contributed by atoms with Gasteiger partial charge in [0.05, 0.1) is 5.69 Å². The van der Waals surface area contributed by atoms with Crippen molar-refractivity contribution in [2.45, 2.75) is 19.9 Å². The molecule has 19 heavy (non-hydrogen) atoms. The van der Waals surface area contributed by atoms with Crippen LogP contribution in [0, 0.1) is 12.7 Å². The molecule has 0 saturated heterocycles. The van der Waals surface area contributed by atoms with Crippen molar-refractivity contribution in [2.24, 2.45) is 0 Å². The first-order chi connectivity index (χ1) is 9.19. The third-order valence-corrected chi connectivity index (χ3v) is 2.83. The van der Waals surface area contributed by atoms with Gasteiger partial charge in [-0.25, -0.2) is 9.37 Å². The summed E-state index contributed by atoms with van der Waals surface area (Å²) < 4.78 is 14.8. The second-order valence-corrected chi connectivity index (χ2v) is 4.45. The topological polar surface area (TPSA) is 29.9 Å². The van der Waals surface area contributed by atoms with Crippen molar-refractivity contribution in [1.82, 2.24) is 9.55 Å². The first kappa shape index (κ1) is 13.3. The Labute approximate surface area is 112 Å². The van der Waals surface area contributed by atoms with Gasteiger partial charge in [-0.15, -0.1) is 6.58 Å². The van der Waals surface area contributed by atoms with E-state index >= 15 is 0 Å². The first-order valence-electron chi connectivity index (χ1n) is 6.32. The second-order valence-electron chi connectivity index (χ2n) is 4.45. The number of rotatable bonds is 6. The van der Waals surface area contributed by atoms with E-state index in [9.17, 15) is 4.39 Å². The van der Waals surface area contributed by atoms with Crippen LogP contribution in [0.2, 0.25) is 0 Å². The minimum Gasteiger partial charge on any atom is -0.355 e. The number of halogens is 1. The van der Waals surface area contributed by atoms with E-state index in [1.165, 1.54) is 12.1 Å². The van der Waals surface area contributed by atoms with Crippen molar-refractivity contribution in [3.8, 4) is 0 Å². The number of benzene rings is 1. The standard InChI is InChI=1S/C15H18FN3/c1-3-10-19-11-12(2)18-15(19)17-9-8-13-4-6-14(16)7-5-13/h3-7,11H,1,8-10H2,2H3,(H,17,18). The van der Waals surface area contributed by atoms with Gasteiger partial charge in [-0.1, -0.05) is 18.2 Å². The summed E-state index contributed by atoms with van der Waals surface area (Å²) in [7, 11) is 0. The summed E-state index contributed by atoms with van der Waals surface area (Å²) in [6, 6.07) is 6.58. The molecule has 1 heterocycles. The Bertz CT molecular complexity index is 543. The molecule has 1 aromatic heterocycles. The van der Waals surface area contributed by atoms with Gasteiger partial charge in [-0.05, 0) is 31.0 Å². The summed E-state index contributed by atoms with van der Waals surface area (Å²) in [5, 5.41) is 3.29. The Morgan fingerprint density at radius 3 is 2.79 bits per heavy atom. The molecule has 2 rings (SSSR count). The van der Waals surface area contributed by atoms with Gasteiger partial charge >= 0.3 is 0 Å². The highest BCUT2D eigenvalue weighted by Crippen LogP contribution is 2.09. The molecule has 1 aromatic carbocycles. The highest BCUT2D eigenvalue weighted by atomic mass is 19.1. The zero-order valence-corrected chi connectivity index (χ0v) is 11.1. The molecular formula is C15H18FN3. The van der Waals surface area contributed by atoms with Crippen LogP contribution in [-0.2, 0) is 13.0 Å². The van der Waals surface area contributed by atoms with E-state index in [0.717, 1.165) is 36.7 Å². The molecular weight excluding hydrogens is 241 g/mol. The van der Waals surface area contributed by atoms with Gasteiger partial charge in [0, 0.05) is 19.3 Å².